The lowest BCUT2D eigenvalue weighted by Crippen LogP contribution is -2.59. The van der Waals surface area contributed by atoms with Gasteiger partial charge in [-0.25, -0.2) is 0 Å². The largest absolute Gasteiger partial charge is 0.376 e. The van der Waals surface area contributed by atoms with E-state index in [1.54, 1.807) is 5.56 Å². The van der Waals surface area contributed by atoms with Crippen molar-refractivity contribution >= 4 is 71.7 Å². The first-order valence-electron chi connectivity index (χ1n) is 25.1. The Balaban J connectivity index is 1.24. The summed E-state index contributed by atoms with van der Waals surface area (Å²) in [6, 6.07) is 41.6. The fourth-order valence-corrected chi connectivity index (χ4v) is 15.2. The van der Waals surface area contributed by atoms with Gasteiger partial charge in [-0.1, -0.05) is 138 Å². The minimum absolute atomic E-state index is 0.0161. The van der Waals surface area contributed by atoms with Crippen molar-refractivity contribution in [1.29, 1.82) is 0 Å². The molecule has 6 aromatic carbocycles. The minimum atomic E-state index is -0.0161. The van der Waals surface area contributed by atoms with Gasteiger partial charge in [-0.3, -0.25) is 0 Å². The molecule has 0 amide bonds. The van der Waals surface area contributed by atoms with Gasteiger partial charge in [0.25, 0.3) is 0 Å². The fraction of sp³-hybridized carbons (Fsp3) is 0.387. The van der Waals surface area contributed by atoms with Crippen LogP contribution in [0.5, 0.6) is 0 Å². The predicted molar refractivity (Wildman–Crippen MR) is 286 cm³/mol. The van der Waals surface area contributed by atoms with Crippen LogP contribution in [0.4, 0.5) is 11.4 Å². The number of rotatable bonds is 2. The summed E-state index contributed by atoms with van der Waals surface area (Å²) in [4.78, 5) is 2.86. The molecule has 8 aromatic rings. The van der Waals surface area contributed by atoms with Crippen molar-refractivity contribution in [3.63, 3.8) is 0 Å². The van der Waals surface area contributed by atoms with Gasteiger partial charge in [0.2, 0.25) is 0 Å². The second-order valence-corrected chi connectivity index (χ2v) is 26.3. The number of anilines is 2. The van der Waals surface area contributed by atoms with Gasteiger partial charge in [0, 0.05) is 42.6 Å². The molecule has 0 fully saturated rings. The molecule has 0 atom stereocenters. The highest BCUT2D eigenvalue weighted by molar-refractivity contribution is 7.32. The van der Waals surface area contributed by atoms with Crippen LogP contribution in [-0.2, 0) is 32.5 Å². The van der Waals surface area contributed by atoms with Crippen LogP contribution >= 0.6 is 11.3 Å². The summed E-state index contributed by atoms with van der Waals surface area (Å²) in [6.07, 6.45) is 7.18. The highest BCUT2D eigenvalue weighted by Crippen LogP contribution is 2.56. The van der Waals surface area contributed by atoms with E-state index in [1.165, 1.54) is 148 Å². The highest BCUT2D eigenvalue weighted by Gasteiger charge is 2.49. The van der Waals surface area contributed by atoms with Crippen molar-refractivity contribution in [3.8, 4) is 27.9 Å². The van der Waals surface area contributed by atoms with Gasteiger partial charge in [0.15, 0.2) is 0 Å². The van der Waals surface area contributed by atoms with Crippen LogP contribution in [-0.4, -0.2) is 11.4 Å². The third-order valence-corrected chi connectivity index (χ3v) is 19.6. The van der Waals surface area contributed by atoms with Crippen LogP contribution in [0.3, 0.4) is 0 Å². The van der Waals surface area contributed by atoms with E-state index in [0.717, 1.165) is 0 Å². The lowest BCUT2D eigenvalue weighted by Gasteiger charge is -2.47. The van der Waals surface area contributed by atoms with Gasteiger partial charge in [-0.15, -0.1) is 11.3 Å². The zero-order valence-corrected chi connectivity index (χ0v) is 42.3. The number of hydrogen-bond donors (Lipinski definition) is 0. The Morgan fingerprint density at radius 1 is 0.470 bits per heavy atom. The van der Waals surface area contributed by atoms with Crippen LogP contribution in [0.1, 0.15) is 155 Å². The molecule has 0 saturated heterocycles. The quantitative estimate of drug-likeness (QED) is 0.157. The van der Waals surface area contributed by atoms with E-state index in [-0.39, 0.29) is 39.3 Å². The van der Waals surface area contributed by atoms with Gasteiger partial charge in [0.05, 0.1) is 16.7 Å². The summed E-state index contributed by atoms with van der Waals surface area (Å²) in [5.74, 6) is 0. The minimum Gasteiger partial charge on any atom is -0.376 e. The van der Waals surface area contributed by atoms with Gasteiger partial charge >= 0.3 is 6.85 Å². The number of para-hydroxylation sites is 1. The van der Waals surface area contributed by atoms with Gasteiger partial charge < -0.3 is 9.38 Å². The summed E-state index contributed by atoms with van der Waals surface area (Å²) in [5, 5.41) is 4.12. The fourth-order valence-electron chi connectivity index (χ4n) is 13.9. The SMILES string of the molecule is CC1(C)CCC(C)(C)c2cc(N3B4c5sc6cc7c(cc6c5-n5c6ccccc6c6c(-c8ccccc8)cc(c4c65)-c4cc5c(cc43)C(C)(C)CCC5(C)C)C(C)(C)CCC7(C)C)ccc21. The van der Waals surface area contributed by atoms with Crippen molar-refractivity contribution in [2.24, 2.45) is 0 Å². The third-order valence-electron chi connectivity index (χ3n) is 18.4. The average Bonchev–Trinajstić information content (AvgIpc) is 3.83. The number of aromatic nitrogens is 1. The molecule has 2 aliphatic heterocycles. The number of hydrogen-bond acceptors (Lipinski definition) is 2. The van der Waals surface area contributed by atoms with Crippen molar-refractivity contribution in [3.05, 3.63) is 137 Å². The van der Waals surface area contributed by atoms with E-state index in [4.69, 9.17) is 0 Å². The number of nitrogens with zero attached hydrogens (tertiary/aromatic N) is 2. The Hall–Kier alpha value is -5.06. The van der Waals surface area contributed by atoms with E-state index in [0.29, 0.717) is 0 Å². The first kappa shape index (κ1) is 41.2. The van der Waals surface area contributed by atoms with Crippen LogP contribution in [0, 0.1) is 0 Å². The molecule has 4 heterocycles. The first-order valence-corrected chi connectivity index (χ1v) is 25.9. The summed E-state index contributed by atoms with van der Waals surface area (Å²) in [6.45, 7) is 29.9. The van der Waals surface area contributed by atoms with E-state index in [9.17, 15) is 0 Å². The Morgan fingerprint density at radius 3 is 1.67 bits per heavy atom. The zero-order chi connectivity index (χ0) is 45.8. The summed E-state index contributed by atoms with van der Waals surface area (Å²) >= 11 is 2.08. The second kappa shape index (κ2) is 12.9. The maximum atomic E-state index is 2.86. The second-order valence-electron chi connectivity index (χ2n) is 25.3. The number of fused-ring (bicyclic) bond motifs is 13. The topological polar surface area (TPSA) is 8.17 Å². The molecular formula is C62H65BN2S. The Kier molecular flexibility index (Phi) is 8.06. The van der Waals surface area contributed by atoms with Crippen molar-refractivity contribution < 1.29 is 0 Å². The molecule has 332 valence electrons. The predicted octanol–water partition coefficient (Wildman–Crippen LogP) is 16.0. The summed E-state index contributed by atoms with van der Waals surface area (Å²) < 4.78 is 5.63. The molecule has 0 radical (unpaired) electrons. The molecule has 5 aliphatic rings. The Labute approximate surface area is 397 Å². The number of benzene rings is 6. The molecule has 0 bridgehead atoms. The molecule has 3 aliphatic carbocycles. The molecule has 0 spiro atoms. The van der Waals surface area contributed by atoms with Crippen LogP contribution in [0.2, 0.25) is 0 Å². The molecule has 66 heavy (non-hydrogen) atoms. The van der Waals surface area contributed by atoms with Crippen molar-refractivity contribution in [2.75, 3.05) is 4.81 Å². The molecule has 0 N–H and O–H groups in total. The first-order chi connectivity index (χ1) is 31.2. The van der Waals surface area contributed by atoms with Crippen LogP contribution in [0.15, 0.2) is 103 Å². The van der Waals surface area contributed by atoms with E-state index in [2.05, 4.69) is 207 Å². The zero-order valence-electron chi connectivity index (χ0n) is 41.4. The summed E-state index contributed by atoms with van der Waals surface area (Å²) in [5.41, 5.74) is 23.3. The van der Waals surface area contributed by atoms with Gasteiger partial charge in [-0.05, 0) is 175 Å². The molecular weight excluding hydrogens is 816 g/mol. The van der Waals surface area contributed by atoms with E-state index >= 15 is 0 Å². The Bertz CT molecular complexity index is 3440. The lowest BCUT2D eigenvalue weighted by molar-refractivity contribution is 0.332. The standard InChI is InChI=1S/C62H65BN2S/c1-57(2)24-25-58(3,4)44-30-37(22-23-43(44)57)65-50-34-47-45(59(5,6)26-28-61(47,9)10)32-40(50)41-31-39(36-18-14-13-15-19-36)52-38-20-16-17-21-49(38)64-54-42-33-46-48(62(11,12)29-27-60(46,7)8)35-51(42)66-56(54)63(65)53(41)55(52)64/h13-23,30-35H,24-29H2,1-12H3. The molecule has 4 heteroatoms. The highest BCUT2D eigenvalue weighted by atomic mass is 32.1. The smallest absolute Gasteiger partial charge is 0.343 e. The lowest BCUT2D eigenvalue weighted by atomic mass is 9.46. The molecule has 13 rings (SSSR count). The average molecular weight is 881 g/mol. The van der Waals surface area contributed by atoms with Crippen molar-refractivity contribution in [2.45, 2.75) is 154 Å². The maximum Gasteiger partial charge on any atom is 0.343 e. The third kappa shape index (κ3) is 5.37. The number of thiophene rings is 1. The van der Waals surface area contributed by atoms with Crippen LogP contribution < -0.4 is 15.1 Å². The van der Waals surface area contributed by atoms with Gasteiger partial charge in [-0.2, -0.15) is 0 Å². The van der Waals surface area contributed by atoms with Crippen molar-refractivity contribution in [1.82, 2.24) is 4.57 Å². The van der Waals surface area contributed by atoms with Gasteiger partial charge in [0.1, 0.15) is 0 Å². The maximum absolute atomic E-state index is 2.86. The van der Waals surface area contributed by atoms with E-state index < -0.39 is 0 Å². The monoisotopic (exact) mass is 880 g/mol. The normalized spacial score (nSPS) is 20.7. The Morgan fingerprint density at radius 2 is 1.02 bits per heavy atom. The van der Waals surface area contributed by atoms with Crippen LogP contribution in [0.25, 0.3) is 59.8 Å². The molecule has 2 aromatic heterocycles. The molecule has 0 unspecified atom stereocenters. The van der Waals surface area contributed by atoms with E-state index in [1.807, 2.05) is 0 Å². The summed E-state index contributed by atoms with van der Waals surface area (Å²) in [7, 11) is 0. The molecule has 0 saturated carbocycles. The molecule has 2 nitrogen and oxygen atoms in total.